The number of carbonyl (C=O) groups is 4. The molecule has 5 heterocycles. The fraction of sp³-hybridized carbons (Fsp3) is 0.368. The third-order valence-corrected chi connectivity index (χ3v) is 11.8. The molecular formula is C38H39F4N11O6S. The molecule has 2 saturated heterocycles. The van der Waals surface area contributed by atoms with Crippen LogP contribution in [-0.2, 0) is 38.9 Å². The molecule has 22 heteroatoms. The van der Waals surface area contributed by atoms with Gasteiger partial charge in [-0.15, -0.1) is 0 Å². The second-order valence-electron chi connectivity index (χ2n) is 14.6. The molecule has 2 aromatic carbocycles. The van der Waals surface area contributed by atoms with E-state index < -0.39 is 63.1 Å². The summed E-state index contributed by atoms with van der Waals surface area (Å²) in [6, 6.07) is 8.81. The molecule has 316 valence electrons. The van der Waals surface area contributed by atoms with Gasteiger partial charge in [-0.05, 0) is 68.3 Å². The molecule has 7 rings (SSSR count). The number of amides is 4. The monoisotopic (exact) mass is 853 g/mol. The number of sulfonamides is 1. The Morgan fingerprint density at radius 3 is 2.32 bits per heavy atom. The maximum atomic E-state index is 15.3. The van der Waals surface area contributed by atoms with Crippen LogP contribution < -0.4 is 25.2 Å². The average Bonchev–Trinajstić information content (AvgIpc) is 3.45. The lowest BCUT2D eigenvalue weighted by molar-refractivity contribution is -0.138. The number of hydrogen-bond donors (Lipinski definition) is 3. The molecule has 0 bridgehead atoms. The van der Waals surface area contributed by atoms with E-state index in [1.54, 1.807) is 12.1 Å². The molecule has 2 fully saturated rings. The summed E-state index contributed by atoms with van der Waals surface area (Å²) in [6.07, 6.45) is 0.785. The summed E-state index contributed by atoms with van der Waals surface area (Å²) >= 11 is 0. The van der Waals surface area contributed by atoms with E-state index in [1.807, 2.05) is 19.2 Å². The van der Waals surface area contributed by atoms with Crippen molar-refractivity contribution >= 4 is 62.6 Å². The molecule has 17 nitrogen and oxygen atoms in total. The summed E-state index contributed by atoms with van der Waals surface area (Å²) in [6.45, 7) is 1.32. The number of fused-ring (bicyclic) bond motifs is 1. The molecular weight excluding hydrogens is 815 g/mol. The first-order valence-corrected chi connectivity index (χ1v) is 20.5. The van der Waals surface area contributed by atoms with Crippen LogP contribution in [0.4, 0.5) is 46.5 Å². The van der Waals surface area contributed by atoms with Crippen molar-refractivity contribution in [2.75, 3.05) is 53.3 Å². The maximum Gasteiger partial charge on any atom is 0.421 e. The average molecular weight is 854 g/mol. The molecule has 0 saturated carbocycles. The van der Waals surface area contributed by atoms with Crippen molar-refractivity contribution in [1.29, 1.82) is 0 Å². The zero-order valence-corrected chi connectivity index (χ0v) is 33.3. The molecule has 0 spiro atoms. The highest BCUT2D eigenvalue weighted by atomic mass is 32.2. The number of piperidine rings is 2. The minimum absolute atomic E-state index is 0.0324. The number of carbonyl (C=O) groups excluding carboxylic acids is 4. The minimum atomic E-state index is -4.80. The molecule has 1 atom stereocenters. The summed E-state index contributed by atoms with van der Waals surface area (Å²) in [5.74, 6) is -4.54. The van der Waals surface area contributed by atoms with Crippen LogP contribution in [0.3, 0.4) is 0 Å². The Balaban J connectivity index is 0.957. The number of rotatable bonds is 12. The van der Waals surface area contributed by atoms with Gasteiger partial charge in [0.1, 0.15) is 28.9 Å². The largest absolute Gasteiger partial charge is 0.421 e. The Labute approximate surface area is 341 Å². The number of halogens is 4. The molecule has 4 aromatic rings. The molecule has 3 aliphatic rings. The predicted molar refractivity (Wildman–Crippen MR) is 209 cm³/mol. The third kappa shape index (κ3) is 8.69. The third-order valence-electron chi connectivity index (χ3n) is 10.6. The van der Waals surface area contributed by atoms with Gasteiger partial charge in [0.15, 0.2) is 5.82 Å². The summed E-state index contributed by atoms with van der Waals surface area (Å²) in [7, 11) is -0.585. The molecule has 3 aliphatic heterocycles. The number of alkyl halides is 3. The van der Waals surface area contributed by atoms with E-state index in [9.17, 15) is 40.8 Å². The van der Waals surface area contributed by atoms with Crippen LogP contribution in [0.15, 0.2) is 55.0 Å². The van der Waals surface area contributed by atoms with Crippen LogP contribution in [0.5, 0.6) is 0 Å². The van der Waals surface area contributed by atoms with Crippen molar-refractivity contribution in [2.45, 2.75) is 57.0 Å². The van der Waals surface area contributed by atoms with Crippen molar-refractivity contribution in [2.24, 2.45) is 0 Å². The van der Waals surface area contributed by atoms with E-state index in [4.69, 9.17) is 0 Å². The van der Waals surface area contributed by atoms with Crippen molar-refractivity contribution in [3.8, 4) is 0 Å². The Morgan fingerprint density at radius 1 is 0.950 bits per heavy atom. The van der Waals surface area contributed by atoms with E-state index in [2.05, 4.69) is 45.7 Å². The Kier molecular flexibility index (Phi) is 11.4. The highest BCUT2D eigenvalue weighted by Crippen LogP contribution is 2.35. The molecule has 4 amide bonds. The second-order valence-corrected chi connectivity index (χ2v) is 16.6. The van der Waals surface area contributed by atoms with Gasteiger partial charge < -0.3 is 15.5 Å². The van der Waals surface area contributed by atoms with Crippen LogP contribution >= 0.6 is 0 Å². The molecule has 2 aromatic heterocycles. The summed E-state index contributed by atoms with van der Waals surface area (Å²) in [5, 5.41) is 7.66. The lowest BCUT2D eigenvalue weighted by Gasteiger charge is -2.38. The summed E-state index contributed by atoms with van der Waals surface area (Å²) < 4.78 is 82.2. The number of nitrogens with one attached hydrogen (secondary N) is 3. The smallest absolute Gasteiger partial charge is 0.371 e. The lowest BCUT2D eigenvalue weighted by Crippen LogP contribution is -2.54. The quantitative estimate of drug-likeness (QED) is 0.138. The number of nitrogens with zero attached hydrogens (tertiary/aromatic N) is 8. The minimum Gasteiger partial charge on any atom is -0.371 e. The van der Waals surface area contributed by atoms with E-state index in [-0.39, 0.29) is 54.0 Å². The zero-order valence-electron chi connectivity index (χ0n) is 32.5. The van der Waals surface area contributed by atoms with E-state index >= 15 is 4.39 Å². The van der Waals surface area contributed by atoms with Crippen molar-refractivity contribution in [3.63, 3.8) is 0 Å². The molecule has 1 unspecified atom stereocenters. The molecule has 60 heavy (non-hydrogen) atoms. The highest BCUT2D eigenvalue weighted by Gasteiger charge is 2.46. The van der Waals surface area contributed by atoms with Crippen molar-refractivity contribution in [1.82, 2.24) is 35.1 Å². The van der Waals surface area contributed by atoms with Crippen LogP contribution in [-0.4, -0.2) is 107 Å². The van der Waals surface area contributed by atoms with Crippen LogP contribution in [0.1, 0.15) is 63.2 Å². The molecule has 0 aliphatic carbocycles. The fourth-order valence-corrected chi connectivity index (χ4v) is 7.88. The molecule has 3 N–H and O–H groups in total. The SMILES string of the molecule is CN(Cc1cc(F)c2c(c1)C(=O)N(C1CCC(=O)NC1=O)C2=O)C1CCN(c2ccc(Nc3ncc(C(F)(F)F)c(NCc4nccnc4N(C)S(C)(=O)=O)n3)cc2)CC1. The Hall–Kier alpha value is -6.29. The normalized spacial score (nSPS) is 17.6. The van der Waals surface area contributed by atoms with Crippen LogP contribution in [0.25, 0.3) is 0 Å². The number of anilines is 5. The van der Waals surface area contributed by atoms with Gasteiger partial charge in [-0.3, -0.25) is 43.6 Å². The van der Waals surface area contributed by atoms with Gasteiger partial charge >= 0.3 is 6.18 Å². The fourth-order valence-electron chi connectivity index (χ4n) is 7.42. The summed E-state index contributed by atoms with van der Waals surface area (Å²) in [4.78, 5) is 71.4. The Morgan fingerprint density at radius 2 is 1.65 bits per heavy atom. The van der Waals surface area contributed by atoms with Gasteiger partial charge in [0.25, 0.3) is 11.8 Å². The Bertz CT molecular complexity index is 2470. The van der Waals surface area contributed by atoms with E-state index in [0.717, 1.165) is 34.0 Å². The van der Waals surface area contributed by atoms with Gasteiger partial charge in [0.05, 0.1) is 23.9 Å². The van der Waals surface area contributed by atoms with Crippen molar-refractivity contribution < 1.29 is 45.2 Å². The van der Waals surface area contributed by atoms with Gasteiger partial charge in [-0.1, -0.05) is 0 Å². The maximum absolute atomic E-state index is 15.3. The molecule has 0 radical (unpaired) electrons. The number of imide groups is 2. The van der Waals surface area contributed by atoms with Gasteiger partial charge in [0, 0.05) is 69.1 Å². The number of hydrogen-bond acceptors (Lipinski definition) is 14. The second kappa shape index (κ2) is 16.4. The summed E-state index contributed by atoms with van der Waals surface area (Å²) in [5.41, 5.74) is 0.339. The zero-order chi connectivity index (χ0) is 43.1. The topological polar surface area (TPSA) is 203 Å². The van der Waals surface area contributed by atoms with Gasteiger partial charge in [-0.2, -0.15) is 18.2 Å². The lowest BCUT2D eigenvalue weighted by atomic mass is 10.0. The van der Waals surface area contributed by atoms with E-state index in [0.29, 0.717) is 37.1 Å². The van der Waals surface area contributed by atoms with Gasteiger partial charge in [0.2, 0.25) is 27.8 Å². The predicted octanol–water partition coefficient (Wildman–Crippen LogP) is 3.68. The van der Waals surface area contributed by atoms with Gasteiger partial charge in [-0.25, -0.2) is 22.8 Å². The highest BCUT2D eigenvalue weighted by molar-refractivity contribution is 7.92. The first-order valence-electron chi connectivity index (χ1n) is 18.7. The van der Waals surface area contributed by atoms with Crippen LogP contribution in [0.2, 0.25) is 0 Å². The first kappa shape index (κ1) is 41.9. The number of benzene rings is 2. The van der Waals surface area contributed by atoms with E-state index in [1.165, 1.54) is 31.6 Å². The van der Waals surface area contributed by atoms with Crippen molar-refractivity contribution in [3.05, 3.63) is 88.8 Å². The number of aromatic nitrogens is 4. The first-order chi connectivity index (χ1) is 28.4. The standard InChI is InChI=1S/C38H39F4N11O6S/c1-50(20-21-16-25-31(27(39)17-21)36(57)53(35(25)56)29-8-9-30(54)48-34(29)55)23-10-14-52(15-11-23)24-6-4-22(5-7-24)47-37-46-18-26(38(40,41)42)32(49-37)45-19-28-33(44-13-12-43-28)51(2)60(3,58)59/h4-7,12-13,16-18,23,29H,8-11,14-15,19-20H2,1-3H3,(H,48,54,55)(H2,45,46,47,49). The van der Waals surface area contributed by atoms with Crippen LogP contribution in [0, 0.1) is 5.82 Å².